The number of amides is 3. The van der Waals surface area contributed by atoms with E-state index in [1.54, 1.807) is 19.1 Å². The molecular weight excluding hydrogens is 312 g/mol. The lowest BCUT2D eigenvalue weighted by Gasteiger charge is -2.43. The molecule has 2 heterocycles. The molecule has 3 amide bonds. The van der Waals surface area contributed by atoms with Crippen LogP contribution in [0, 0.1) is 11.8 Å². The molecule has 130 valence electrons. The van der Waals surface area contributed by atoms with Crippen LogP contribution in [0.2, 0.25) is 0 Å². The molecule has 1 fully saturated rings. The van der Waals surface area contributed by atoms with Gasteiger partial charge in [0, 0.05) is 12.2 Å². The van der Waals surface area contributed by atoms with Gasteiger partial charge in [0.15, 0.2) is 6.04 Å². The van der Waals surface area contributed by atoms with E-state index in [2.05, 4.69) is 10.3 Å². The van der Waals surface area contributed by atoms with Crippen LogP contribution in [0.3, 0.4) is 0 Å². The average Bonchev–Trinajstić information content (AvgIpc) is 2.49. The van der Waals surface area contributed by atoms with Crippen molar-refractivity contribution in [2.45, 2.75) is 39.3 Å². The second-order valence-corrected chi connectivity index (χ2v) is 6.37. The molecule has 0 aliphatic carbocycles. The zero-order chi connectivity index (χ0) is 18.0. The molecule has 2 rings (SSSR count). The van der Waals surface area contributed by atoms with Gasteiger partial charge in [-0.25, -0.2) is 19.5 Å². The number of hydrogen-bond acceptors (Lipinski definition) is 5. The molecule has 1 saturated heterocycles. The fraction of sp³-hybridized carbons (Fsp3) is 0.500. The van der Waals surface area contributed by atoms with E-state index in [1.165, 1.54) is 6.20 Å². The quantitative estimate of drug-likeness (QED) is 0.686. The molecule has 0 unspecified atom stereocenters. The number of carboxylic acids is 1. The summed E-state index contributed by atoms with van der Waals surface area (Å²) in [5.41, 5.74) is 6.31. The Balaban J connectivity index is 2.12. The van der Waals surface area contributed by atoms with Crippen LogP contribution in [0.4, 0.5) is 10.6 Å². The number of nitrogens with zero attached hydrogens (tertiary/aromatic N) is 2. The molecule has 8 nitrogen and oxygen atoms in total. The highest BCUT2D eigenvalue weighted by molar-refractivity contribution is 6.07. The van der Waals surface area contributed by atoms with Crippen LogP contribution in [0.1, 0.15) is 26.3 Å². The summed E-state index contributed by atoms with van der Waals surface area (Å²) in [5.74, 6) is -2.01. The number of β-lactam (4-membered cyclic amide) rings is 1. The first-order valence-corrected chi connectivity index (χ1v) is 7.79. The molecule has 0 aromatic carbocycles. The first-order chi connectivity index (χ1) is 11.2. The third kappa shape index (κ3) is 3.47. The smallest absolute Gasteiger partial charge is 0.327 e. The molecule has 0 bridgehead atoms. The maximum atomic E-state index is 12.3. The van der Waals surface area contributed by atoms with E-state index in [1.807, 2.05) is 13.8 Å². The highest BCUT2D eigenvalue weighted by Crippen LogP contribution is 2.30. The van der Waals surface area contributed by atoms with Crippen LogP contribution in [0.25, 0.3) is 0 Å². The minimum absolute atomic E-state index is 0.168. The Labute approximate surface area is 140 Å². The van der Waals surface area contributed by atoms with E-state index >= 15 is 0 Å². The van der Waals surface area contributed by atoms with Gasteiger partial charge in [-0.2, -0.15) is 0 Å². The number of nitrogens with two attached hydrogens (primary N) is 1. The van der Waals surface area contributed by atoms with Gasteiger partial charge in [-0.05, 0) is 37.0 Å². The zero-order valence-electron chi connectivity index (χ0n) is 13.9. The molecule has 0 radical (unpaired) electrons. The summed E-state index contributed by atoms with van der Waals surface area (Å²) in [6.07, 6.45) is 1.70. The molecule has 8 heteroatoms. The van der Waals surface area contributed by atoms with Crippen molar-refractivity contribution in [1.29, 1.82) is 0 Å². The maximum Gasteiger partial charge on any atom is 0.327 e. The number of urea groups is 1. The number of carboxylic acid groups (broad SMARTS) is 1. The number of aromatic nitrogens is 1. The highest BCUT2D eigenvalue weighted by Gasteiger charge is 2.54. The first kappa shape index (κ1) is 17.7. The van der Waals surface area contributed by atoms with Crippen molar-refractivity contribution in [3.8, 4) is 0 Å². The summed E-state index contributed by atoms with van der Waals surface area (Å²) in [4.78, 5) is 40.7. The van der Waals surface area contributed by atoms with Crippen molar-refractivity contribution in [1.82, 2.24) is 15.2 Å². The summed E-state index contributed by atoms with van der Waals surface area (Å²) in [6.45, 7) is 5.65. The number of aliphatic carboxylic acids is 1. The van der Waals surface area contributed by atoms with E-state index in [-0.39, 0.29) is 18.4 Å². The minimum Gasteiger partial charge on any atom is -0.480 e. The maximum absolute atomic E-state index is 12.3. The number of rotatable bonds is 5. The van der Waals surface area contributed by atoms with Crippen LogP contribution >= 0.6 is 0 Å². The van der Waals surface area contributed by atoms with Crippen molar-refractivity contribution in [3.63, 3.8) is 0 Å². The first-order valence-electron chi connectivity index (χ1n) is 7.79. The lowest BCUT2D eigenvalue weighted by Crippen LogP contribution is -2.69. The van der Waals surface area contributed by atoms with Gasteiger partial charge in [0.25, 0.3) is 0 Å². The minimum atomic E-state index is -1.20. The Bertz CT molecular complexity index is 661. The van der Waals surface area contributed by atoms with Gasteiger partial charge >= 0.3 is 12.0 Å². The van der Waals surface area contributed by atoms with Crippen LogP contribution in [0.15, 0.2) is 18.3 Å². The van der Waals surface area contributed by atoms with Gasteiger partial charge in [0.05, 0.1) is 5.92 Å². The number of pyridine rings is 1. The molecular formula is C16H22N4O4. The molecule has 0 saturated carbocycles. The van der Waals surface area contributed by atoms with E-state index in [9.17, 15) is 19.5 Å². The Morgan fingerprint density at radius 2 is 2.08 bits per heavy atom. The number of carbonyl (C=O) groups excluding carboxylic acids is 2. The molecule has 3 atom stereocenters. The second kappa shape index (κ2) is 6.86. The molecule has 24 heavy (non-hydrogen) atoms. The number of nitrogens with one attached hydrogen (secondary N) is 1. The van der Waals surface area contributed by atoms with Crippen molar-refractivity contribution >= 4 is 23.7 Å². The fourth-order valence-corrected chi connectivity index (χ4v) is 2.56. The van der Waals surface area contributed by atoms with Crippen molar-refractivity contribution in [2.75, 3.05) is 5.73 Å². The summed E-state index contributed by atoms with van der Waals surface area (Å²) in [6, 6.07) is 1.26. The summed E-state index contributed by atoms with van der Waals surface area (Å²) in [7, 11) is 0. The fourth-order valence-electron chi connectivity index (χ4n) is 2.56. The van der Waals surface area contributed by atoms with E-state index < -0.39 is 29.9 Å². The predicted molar refractivity (Wildman–Crippen MR) is 86.9 cm³/mol. The summed E-state index contributed by atoms with van der Waals surface area (Å²) < 4.78 is 0. The number of hydrogen-bond donors (Lipinski definition) is 3. The van der Waals surface area contributed by atoms with Crippen LogP contribution in [-0.4, -0.2) is 45.0 Å². The van der Waals surface area contributed by atoms with Crippen LogP contribution in [0.5, 0.6) is 0 Å². The lowest BCUT2D eigenvalue weighted by atomic mass is 9.82. The van der Waals surface area contributed by atoms with Gasteiger partial charge in [0.1, 0.15) is 5.82 Å². The van der Waals surface area contributed by atoms with Gasteiger partial charge < -0.3 is 16.2 Å². The van der Waals surface area contributed by atoms with Crippen LogP contribution in [-0.2, 0) is 16.0 Å². The molecule has 1 aromatic heterocycles. The SMILES string of the molecule is CC(C)[C@@H](C)NC(=O)N1C(=O)[C@H](Cc2ccnc(N)c2)[C@H]1C(=O)O. The van der Waals surface area contributed by atoms with Gasteiger partial charge in [-0.1, -0.05) is 13.8 Å². The lowest BCUT2D eigenvalue weighted by molar-refractivity contribution is -0.165. The Hall–Kier alpha value is -2.64. The van der Waals surface area contributed by atoms with Gasteiger partial charge in [-0.3, -0.25) is 4.79 Å². The molecule has 4 N–H and O–H groups in total. The predicted octanol–water partition coefficient (Wildman–Crippen LogP) is 0.872. The highest BCUT2D eigenvalue weighted by atomic mass is 16.4. The van der Waals surface area contributed by atoms with E-state index in [4.69, 9.17) is 5.73 Å². The molecule has 0 spiro atoms. The monoisotopic (exact) mass is 334 g/mol. The molecule has 1 aliphatic rings. The summed E-state index contributed by atoms with van der Waals surface area (Å²) >= 11 is 0. The average molecular weight is 334 g/mol. The van der Waals surface area contributed by atoms with E-state index in [0.29, 0.717) is 11.4 Å². The number of nitrogen functional groups attached to an aromatic ring is 1. The van der Waals surface area contributed by atoms with Crippen molar-refractivity contribution < 1.29 is 19.5 Å². The Kier molecular flexibility index (Phi) is 5.06. The van der Waals surface area contributed by atoms with Crippen LogP contribution < -0.4 is 11.1 Å². The number of anilines is 1. The third-order valence-electron chi connectivity index (χ3n) is 4.34. The number of imide groups is 1. The standard InChI is InChI=1S/C16H22N4O4/c1-8(2)9(3)19-16(24)20-13(15(22)23)11(14(20)21)6-10-4-5-18-12(17)7-10/h4-5,7-9,11,13H,6H2,1-3H3,(H2,17,18)(H,19,24)(H,22,23)/t9-,11-,13+/m1/s1. The van der Waals surface area contributed by atoms with Crippen molar-refractivity contribution in [2.24, 2.45) is 11.8 Å². The van der Waals surface area contributed by atoms with Gasteiger partial charge in [-0.15, -0.1) is 0 Å². The van der Waals surface area contributed by atoms with Crippen molar-refractivity contribution in [3.05, 3.63) is 23.9 Å². The molecule has 1 aliphatic heterocycles. The Morgan fingerprint density at radius 1 is 1.42 bits per heavy atom. The number of carbonyl (C=O) groups is 3. The second-order valence-electron chi connectivity index (χ2n) is 6.37. The van der Waals surface area contributed by atoms with E-state index in [0.717, 1.165) is 4.90 Å². The summed E-state index contributed by atoms with van der Waals surface area (Å²) in [5, 5.41) is 12.1. The Morgan fingerprint density at radius 3 is 2.62 bits per heavy atom. The topological polar surface area (TPSA) is 126 Å². The zero-order valence-corrected chi connectivity index (χ0v) is 13.9. The normalized spacial score (nSPS) is 21.3. The van der Waals surface area contributed by atoms with Gasteiger partial charge in [0.2, 0.25) is 5.91 Å². The number of likely N-dealkylation sites (tertiary alicyclic amines) is 1. The largest absolute Gasteiger partial charge is 0.480 e. The third-order valence-corrected chi connectivity index (χ3v) is 4.34. The molecule has 1 aromatic rings.